The smallest absolute Gasteiger partial charge is 0.301 e. The Balaban J connectivity index is 1.65. The van der Waals surface area contributed by atoms with Crippen molar-refractivity contribution in [2.45, 2.75) is 32.3 Å². The van der Waals surface area contributed by atoms with Gasteiger partial charge in [-0.1, -0.05) is 6.92 Å². The Morgan fingerprint density at radius 3 is 3.22 bits per heavy atom. The molecule has 100 valence electrons. The monoisotopic (exact) mass is 254 g/mol. The van der Waals surface area contributed by atoms with Gasteiger partial charge in [-0.25, -0.2) is 4.98 Å². The highest BCUT2D eigenvalue weighted by Gasteiger charge is 2.16. The van der Waals surface area contributed by atoms with Crippen LogP contribution in [0.25, 0.3) is 0 Å². The van der Waals surface area contributed by atoms with Gasteiger partial charge in [0.05, 0.1) is 18.9 Å². The van der Waals surface area contributed by atoms with E-state index in [9.17, 15) is 4.79 Å². The molecular weight excluding hydrogens is 236 g/mol. The number of hydrogen-bond donors (Lipinski definition) is 1. The van der Waals surface area contributed by atoms with Crippen LogP contribution in [0.3, 0.4) is 0 Å². The third-order valence-corrected chi connectivity index (χ3v) is 2.71. The molecule has 1 saturated heterocycles. The fraction of sp³-hybridized carbons (Fsp3) is 0.667. The Labute approximate surface area is 106 Å². The van der Waals surface area contributed by atoms with E-state index < -0.39 is 0 Å². The highest BCUT2D eigenvalue weighted by atomic mass is 16.5. The summed E-state index contributed by atoms with van der Waals surface area (Å²) in [5.74, 6) is 0.475. The van der Waals surface area contributed by atoms with Gasteiger partial charge in [0.25, 0.3) is 5.91 Å². The summed E-state index contributed by atoms with van der Waals surface area (Å²) in [5, 5.41) is 2.54. The van der Waals surface area contributed by atoms with Gasteiger partial charge in [-0.15, -0.1) is 0 Å². The average molecular weight is 254 g/mol. The van der Waals surface area contributed by atoms with Crippen LogP contribution < -0.4 is 5.32 Å². The molecule has 1 aromatic heterocycles. The van der Waals surface area contributed by atoms with Crippen molar-refractivity contribution in [1.29, 1.82) is 0 Å². The first kappa shape index (κ1) is 13.0. The lowest BCUT2D eigenvalue weighted by atomic mass is 10.2. The maximum absolute atomic E-state index is 11.5. The van der Waals surface area contributed by atoms with Crippen LogP contribution in [0.5, 0.6) is 0 Å². The summed E-state index contributed by atoms with van der Waals surface area (Å²) in [5.41, 5.74) is 0. The Bertz CT molecular complexity index is 385. The Morgan fingerprint density at radius 2 is 2.56 bits per heavy atom. The molecule has 6 nitrogen and oxygen atoms in total. The van der Waals surface area contributed by atoms with Crippen LogP contribution in [-0.4, -0.2) is 36.8 Å². The molecule has 2 heterocycles. The summed E-state index contributed by atoms with van der Waals surface area (Å²) in [6.07, 6.45) is 4.55. The van der Waals surface area contributed by atoms with Gasteiger partial charge in [0.2, 0.25) is 0 Å². The maximum Gasteiger partial charge on any atom is 0.301 e. The predicted molar refractivity (Wildman–Crippen MR) is 64.3 cm³/mol. The van der Waals surface area contributed by atoms with Crippen molar-refractivity contribution < 1.29 is 18.7 Å². The van der Waals surface area contributed by atoms with E-state index >= 15 is 0 Å². The fourth-order valence-electron chi connectivity index (χ4n) is 1.74. The van der Waals surface area contributed by atoms with Gasteiger partial charge in [-0.3, -0.25) is 10.1 Å². The van der Waals surface area contributed by atoms with Crippen molar-refractivity contribution in [3.8, 4) is 0 Å². The number of oxazole rings is 1. The molecule has 0 bridgehead atoms. The van der Waals surface area contributed by atoms with Crippen molar-refractivity contribution in [2.24, 2.45) is 0 Å². The van der Waals surface area contributed by atoms with Gasteiger partial charge in [0.15, 0.2) is 0 Å². The third-order valence-electron chi connectivity index (χ3n) is 2.71. The molecule has 1 aliphatic rings. The first-order chi connectivity index (χ1) is 8.78. The van der Waals surface area contributed by atoms with Gasteiger partial charge in [-0.05, 0) is 12.8 Å². The van der Waals surface area contributed by atoms with Gasteiger partial charge in [-0.2, -0.15) is 0 Å². The van der Waals surface area contributed by atoms with E-state index in [1.165, 1.54) is 0 Å². The van der Waals surface area contributed by atoms with Gasteiger partial charge in [0.1, 0.15) is 12.4 Å². The molecule has 0 radical (unpaired) electrons. The molecule has 1 amide bonds. The van der Waals surface area contributed by atoms with Crippen molar-refractivity contribution in [3.63, 3.8) is 0 Å². The molecule has 0 saturated carbocycles. The van der Waals surface area contributed by atoms with E-state index in [1.54, 1.807) is 6.20 Å². The molecule has 1 aromatic rings. The SMILES string of the molecule is CCc1cnc(NC(=O)COC[C@H]2CCCO2)o1. The van der Waals surface area contributed by atoms with Crippen LogP contribution in [0.2, 0.25) is 0 Å². The first-order valence-electron chi connectivity index (χ1n) is 6.22. The largest absolute Gasteiger partial charge is 0.429 e. The predicted octanol–water partition coefficient (Wildman–Crippen LogP) is 1.37. The zero-order valence-corrected chi connectivity index (χ0v) is 10.5. The number of carbonyl (C=O) groups is 1. The molecular formula is C12H18N2O4. The number of aryl methyl sites for hydroxylation is 1. The number of aromatic nitrogens is 1. The summed E-state index contributed by atoms with van der Waals surface area (Å²) in [7, 11) is 0. The van der Waals surface area contributed by atoms with Gasteiger partial charge < -0.3 is 13.9 Å². The van der Waals surface area contributed by atoms with Crippen LogP contribution in [0, 0.1) is 0 Å². The number of ether oxygens (including phenoxy) is 2. The minimum Gasteiger partial charge on any atom is -0.429 e. The number of nitrogens with zero attached hydrogens (tertiary/aromatic N) is 1. The van der Waals surface area contributed by atoms with Crippen LogP contribution in [0.1, 0.15) is 25.5 Å². The number of nitrogens with one attached hydrogen (secondary N) is 1. The molecule has 0 aliphatic carbocycles. The molecule has 2 rings (SSSR count). The second kappa shape index (κ2) is 6.51. The van der Waals surface area contributed by atoms with Crippen LogP contribution in [0.15, 0.2) is 10.6 Å². The van der Waals surface area contributed by atoms with Crippen LogP contribution in [-0.2, 0) is 20.7 Å². The minimum atomic E-state index is -0.266. The number of amides is 1. The number of hydrogen-bond acceptors (Lipinski definition) is 5. The maximum atomic E-state index is 11.5. The Hall–Kier alpha value is -1.40. The summed E-state index contributed by atoms with van der Waals surface area (Å²) < 4.78 is 15.9. The Morgan fingerprint density at radius 1 is 1.67 bits per heavy atom. The van der Waals surface area contributed by atoms with Crippen molar-refractivity contribution in [2.75, 3.05) is 25.1 Å². The fourth-order valence-corrected chi connectivity index (χ4v) is 1.74. The molecule has 6 heteroatoms. The number of anilines is 1. The quantitative estimate of drug-likeness (QED) is 0.830. The van der Waals surface area contributed by atoms with E-state index in [0.29, 0.717) is 6.61 Å². The summed E-state index contributed by atoms with van der Waals surface area (Å²) >= 11 is 0. The third kappa shape index (κ3) is 3.82. The first-order valence-corrected chi connectivity index (χ1v) is 6.22. The summed E-state index contributed by atoms with van der Waals surface area (Å²) in [6, 6.07) is 0.220. The second-order valence-corrected chi connectivity index (χ2v) is 4.18. The highest BCUT2D eigenvalue weighted by molar-refractivity contribution is 5.89. The lowest BCUT2D eigenvalue weighted by molar-refractivity contribution is -0.121. The molecule has 1 fully saturated rings. The van der Waals surface area contributed by atoms with E-state index in [1.807, 2.05) is 6.92 Å². The second-order valence-electron chi connectivity index (χ2n) is 4.18. The molecule has 0 aromatic carbocycles. The van der Waals surface area contributed by atoms with Crippen molar-refractivity contribution in [3.05, 3.63) is 12.0 Å². The van der Waals surface area contributed by atoms with Crippen molar-refractivity contribution in [1.82, 2.24) is 4.98 Å². The van der Waals surface area contributed by atoms with Gasteiger partial charge >= 0.3 is 6.01 Å². The van der Waals surface area contributed by atoms with Crippen LogP contribution >= 0.6 is 0 Å². The van der Waals surface area contributed by atoms with E-state index in [2.05, 4.69) is 10.3 Å². The number of carbonyl (C=O) groups excluding carboxylic acids is 1. The molecule has 0 spiro atoms. The standard InChI is InChI=1S/C12H18N2O4/c1-2-9-6-13-12(18-9)14-11(15)8-16-7-10-4-3-5-17-10/h6,10H,2-5,7-8H2,1H3,(H,13,14,15)/t10-/m1/s1. The topological polar surface area (TPSA) is 73.6 Å². The zero-order valence-electron chi connectivity index (χ0n) is 10.5. The highest BCUT2D eigenvalue weighted by Crippen LogP contribution is 2.12. The molecule has 1 aliphatic heterocycles. The lowest BCUT2D eigenvalue weighted by Gasteiger charge is -2.09. The molecule has 1 N–H and O–H groups in total. The summed E-state index contributed by atoms with van der Waals surface area (Å²) in [4.78, 5) is 15.4. The minimum absolute atomic E-state index is 0.0102. The average Bonchev–Trinajstić information content (AvgIpc) is 3.00. The van der Waals surface area contributed by atoms with E-state index in [-0.39, 0.29) is 24.6 Å². The molecule has 0 unspecified atom stereocenters. The molecule has 18 heavy (non-hydrogen) atoms. The van der Waals surface area contributed by atoms with Gasteiger partial charge in [0, 0.05) is 13.0 Å². The molecule has 1 atom stereocenters. The number of rotatable bonds is 6. The zero-order chi connectivity index (χ0) is 12.8. The van der Waals surface area contributed by atoms with Crippen LogP contribution in [0.4, 0.5) is 6.01 Å². The Kier molecular flexibility index (Phi) is 4.72. The van der Waals surface area contributed by atoms with E-state index in [4.69, 9.17) is 13.9 Å². The normalized spacial score (nSPS) is 19.1. The summed E-state index contributed by atoms with van der Waals surface area (Å²) in [6.45, 7) is 3.19. The lowest BCUT2D eigenvalue weighted by Crippen LogP contribution is -2.22. The van der Waals surface area contributed by atoms with Crippen molar-refractivity contribution >= 4 is 11.9 Å². The van der Waals surface area contributed by atoms with E-state index in [0.717, 1.165) is 31.6 Å².